The number of carbonyl (C=O) groups is 2. The summed E-state index contributed by atoms with van der Waals surface area (Å²) in [7, 11) is 1.54. The molecule has 3 aromatic carbocycles. The van der Waals surface area contributed by atoms with Crippen molar-refractivity contribution in [2.45, 2.75) is 45.3 Å². The van der Waals surface area contributed by atoms with Gasteiger partial charge >= 0.3 is 0 Å². The van der Waals surface area contributed by atoms with Crippen LogP contribution < -0.4 is 14.8 Å². The lowest BCUT2D eigenvalue weighted by Gasteiger charge is -2.34. The molecule has 1 atom stereocenters. The van der Waals surface area contributed by atoms with Gasteiger partial charge in [0.25, 0.3) is 5.91 Å². The maximum atomic E-state index is 13.7. The van der Waals surface area contributed by atoms with Gasteiger partial charge in [-0.05, 0) is 50.1 Å². The fraction of sp³-hybridized carbons (Fsp3) is 0.310. The van der Waals surface area contributed by atoms with Crippen LogP contribution in [0.4, 0.5) is 0 Å². The number of para-hydroxylation sites is 2. The standard InChI is InChI=1S/C29H33ClN2O4/c1-29(2,3)31-28(34)24(18-21-12-6-5-7-13-21)32(19-22-14-8-9-15-23(22)30)27(33)20-36-26-17-11-10-16-25(26)35-4/h5-17,24H,18-20H2,1-4H3,(H,31,34)/t24-/m1/s1. The largest absolute Gasteiger partial charge is 0.493 e. The molecule has 0 bridgehead atoms. The quantitative estimate of drug-likeness (QED) is 0.404. The Morgan fingerprint density at radius 3 is 2.17 bits per heavy atom. The number of carbonyl (C=O) groups excluding carboxylic acids is 2. The average Bonchev–Trinajstić information content (AvgIpc) is 2.85. The van der Waals surface area contributed by atoms with Crippen molar-refractivity contribution in [1.29, 1.82) is 0 Å². The van der Waals surface area contributed by atoms with Crippen molar-refractivity contribution >= 4 is 23.4 Å². The molecule has 0 heterocycles. The highest BCUT2D eigenvalue weighted by Crippen LogP contribution is 2.26. The summed E-state index contributed by atoms with van der Waals surface area (Å²) in [5.41, 5.74) is 1.21. The molecule has 0 aliphatic carbocycles. The number of benzene rings is 3. The molecule has 0 aliphatic rings. The minimum Gasteiger partial charge on any atom is -0.493 e. The third-order valence-corrected chi connectivity index (χ3v) is 5.86. The van der Waals surface area contributed by atoms with Crippen LogP contribution >= 0.6 is 11.6 Å². The lowest BCUT2D eigenvalue weighted by Crippen LogP contribution is -2.55. The normalized spacial score (nSPS) is 11.9. The third kappa shape index (κ3) is 7.75. The second-order valence-electron chi connectivity index (χ2n) is 9.50. The van der Waals surface area contributed by atoms with Crippen molar-refractivity contribution in [3.8, 4) is 11.5 Å². The molecule has 1 N–H and O–H groups in total. The van der Waals surface area contributed by atoms with Crippen molar-refractivity contribution in [1.82, 2.24) is 10.2 Å². The zero-order chi connectivity index (χ0) is 26.1. The van der Waals surface area contributed by atoms with Crippen molar-refractivity contribution < 1.29 is 19.1 Å². The second kappa shape index (κ2) is 12.5. The molecule has 7 heteroatoms. The highest BCUT2D eigenvalue weighted by molar-refractivity contribution is 6.31. The molecule has 0 saturated carbocycles. The molecule has 0 saturated heterocycles. The number of methoxy groups -OCH3 is 1. The van der Waals surface area contributed by atoms with Gasteiger partial charge in [0.05, 0.1) is 7.11 Å². The molecule has 2 amide bonds. The first-order chi connectivity index (χ1) is 17.2. The van der Waals surface area contributed by atoms with Gasteiger partial charge < -0.3 is 19.7 Å². The summed E-state index contributed by atoms with van der Waals surface area (Å²) in [5, 5.41) is 3.56. The van der Waals surface area contributed by atoms with E-state index in [1.807, 2.05) is 75.4 Å². The summed E-state index contributed by atoms with van der Waals surface area (Å²) in [6, 6.07) is 23.3. The number of halogens is 1. The Kier molecular flexibility index (Phi) is 9.37. The molecule has 6 nitrogen and oxygen atoms in total. The van der Waals surface area contributed by atoms with Crippen molar-refractivity contribution in [3.05, 3.63) is 95.0 Å². The van der Waals surface area contributed by atoms with Crippen LogP contribution in [0.15, 0.2) is 78.9 Å². The topological polar surface area (TPSA) is 67.9 Å². The van der Waals surface area contributed by atoms with Gasteiger partial charge in [0.2, 0.25) is 5.91 Å². The van der Waals surface area contributed by atoms with E-state index in [1.165, 1.54) is 0 Å². The molecule has 3 aromatic rings. The van der Waals surface area contributed by atoms with Crippen LogP contribution in [-0.2, 0) is 22.6 Å². The zero-order valence-corrected chi connectivity index (χ0v) is 21.9. The first-order valence-corrected chi connectivity index (χ1v) is 12.2. The maximum Gasteiger partial charge on any atom is 0.261 e. The predicted octanol–water partition coefficient (Wildman–Crippen LogP) is 5.28. The van der Waals surface area contributed by atoms with E-state index < -0.39 is 11.6 Å². The van der Waals surface area contributed by atoms with Gasteiger partial charge in [-0.25, -0.2) is 0 Å². The Morgan fingerprint density at radius 1 is 0.917 bits per heavy atom. The third-order valence-electron chi connectivity index (χ3n) is 5.49. The molecule has 190 valence electrons. The molecular weight excluding hydrogens is 476 g/mol. The Labute approximate surface area is 218 Å². The summed E-state index contributed by atoms with van der Waals surface area (Å²) in [4.78, 5) is 28.8. The number of nitrogens with zero attached hydrogens (tertiary/aromatic N) is 1. The van der Waals surface area contributed by atoms with Gasteiger partial charge in [-0.15, -0.1) is 0 Å². The van der Waals surface area contributed by atoms with E-state index in [2.05, 4.69) is 5.32 Å². The Hall–Kier alpha value is -3.51. The number of amides is 2. The van der Waals surface area contributed by atoms with E-state index >= 15 is 0 Å². The maximum absolute atomic E-state index is 13.7. The molecule has 0 aliphatic heterocycles. The number of ether oxygens (including phenoxy) is 2. The molecule has 0 aromatic heterocycles. The van der Waals surface area contributed by atoms with Crippen LogP contribution in [-0.4, -0.2) is 42.0 Å². The minimum atomic E-state index is -0.781. The van der Waals surface area contributed by atoms with Crippen molar-refractivity contribution in [3.63, 3.8) is 0 Å². The van der Waals surface area contributed by atoms with Gasteiger partial charge in [0.1, 0.15) is 6.04 Å². The Bertz CT molecular complexity index is 1160. The minimum absolute atomic E-state index is 0.156. The summed E-state index contributed by atoms with van der Waals surface area (Å²) in [6.07, 6.45) is 0.341. The molecule has 3 rings (SSSR count). The van der Waals surface area contributed by atoms with Crippen LogP contribution in [0.2, 0.25) is 5.02 Å². The molecule has 36 heavy (non-hydrogen) atoms. The number of hydrogen-bond donors (Lipinski definition) is 1. The predicted molar refractivity (Wildman–Crippen MR) is 142 cm³/mol. The van der Waals surface area contributed by atoms with Gasteiger partial charge in [-0.2, -0.15) is 0 Å². The van der Waals surface area contributed by atoms with Crippen LogP contribution in [0.3, 0.4) is 0 Å². The van der Waals surface area contributed by atoms with E-state index in [-0.39, 0.29) is 25.0 Å². The first-order valence-electron chi connectivity index (χ1n) is 11.8. The van der Waals surface area contributed by atoms with Gasteiger partial charge in [-0.1, -0.05) is 72.3 Å². The zero-order valence-electron chi connectivity index (χ0n) is 21.2. The van der Waals surface area contributed by atoms with Gasteiger partial charge in [0, 0.05) is 23.5 Å². The lowest BCUT2D eigenvalue weighted by molar-refractivity contribution is -0.143. The monoisotopic (exact) mass is 508 g/mol. The second-order valence-corrected chi connectivity index (χ2v) is 9.90. The Morgan fingerprint density at radius 2 is 1.53 bits per heavy atom. The summed E-state index contributed by atoms with van der Waals surface area (Å²) >= 11 is 6.45. The highest BCUT2D eigenvalue weighted by Gasteiger charge is 2.33. The average molecular weight is 509 g/mol. The van der Waals surface area contributed by atoms with Gasteiger partial charge in [0.15, 0.2) is 18.1 Å². The van der Waals surface area contributed by atoms with E-state index in [4.69, 9.17) is 21.1 Å². The van der Waals surface area contributed by atoms with E-state index in [1.54, 1.807) is 36.3 Å². The number of rotatable bonds is 10. The van der Waals surface area contributed by atoms with Crippen molar-refractivity contribution in [2.75, 3.05) is 13.7 Å². The smallest absolute Gasteiger partial charge is 0.261 e. The van der Waals surface area contributed by atoms with Crippen LogP contribution in [0, 0.1) is 0 Å². The van der Waals surface area contributed by atoms with Crippen molar-refractivity contribution in [2.24, 2.45) is 0 Å². The summed E-state index contributed by atoms with van der Waals surface area (Å²) < 4.78 is 11.2. The summed E-state index contributed by atoms with van der Waals surface area (Å²) in [6.45, 7) is 5.63. The highest BCUT2D eigenvalue weighted by atomic mass is 35.5. The SMILES string of the molecule is COc1ccccc1OCC(=O)N(Cc1ccccc1Cl)[C@H](Cc1ccccc1)C(=O)NC(C)(C)C. The lowest BCUT2D eigenvalue weighted by atomic mass is 10.0. The van der Waals surface area contributed by atoms with Crippen LogP contribution in [0.1, 0.15) is 31.9 Å². The van der Waals surface area contributed by atoms with Gasteiger partial charge in [-0.3, -0.25) is 9.59 Å². The summed E-state index contributed by atoms with van der Waals surface area (Å²) in [5.74, 6) is 0.383. The van der Waals surface area contributed by atoms with E-state index in [0.717, 1.165) is 11.1 Å². The van der Waals surface area contributed by atoms with E-state index in [0.29, 0.717) is 22.9 Å². The van der Waals surface area contributed by atoms with Crippen LogP contribution in [0.5, 0.6) is 11.5 Å². The molecule has 0 fully saturated rings. The molecule has 0 spiro atoms. The molecule has 0 unspecified atom stereocenters. The first kappa shape index (κ1) is 27.1. The van der Waals surface area contributed by atoms with Crippen LogP contribution in [0.25, 0.3) is 0 Å². The number of hydrogen-bond acceptors (Lipinski definition) is 4. The fourth-order valence-electron chi connectivity index (χ4n) is 3.78. The molecule has 0 radical (unpaired) electrons. The fourth-order valence-corrected chi connectivity index (χ4v) is 3.97. The Balaban J connectivity index is 1.95. The molecular formula is C29H33ClN2O4. The van der Waals surface area contributed by atoms with E-state index in [9.17, 15) is 9.59 Å². The number of nitrogens with one attached hydrogen (secondary N) is 1.